The van der Waals surface area contributed by atoms with Gasteiger partial charge in [0.2, 0.25) is 19.1 Å². The predicted octanol–water partition coefficient (Wildman–Crippen LogP) is 3.82. The first-order valence-corrected chi connectivity index (χ1v) is 14.3. The molecule has 0 spiro atoms. The molecule has 0 heterocycles. The molecule has 2 aromatic carbocycles. The van der Waals surface area contributed by atoms with E-state index in [0.29, 0.717) is 18.9 Å². The molecule has 0 fully saturated rings. The van der Waals surface area contributed by atoms with E-state index in [1.807, 2.05) is 43.3 Å². The zero-order valence-electron chi connectivity index (χ0n) is 19.5. The molecule has 2 atom stereocenters. The van der Waals surface area contributed by atoms with E-state index in [4.69, 9.17) is 25.9 Å². The van der Waals surface area contributed by atoms with Crippen LogP contribution in [0.2, 0.25) is 0 Å². The van der Waals surface area contributed by atoms with Crippen molar-refractivity contribution in [2.45, 2.75) is 13.8 Å². The van der Waals surface area contributed by atoms with Crippen LogP contribution >= 0.6 is 10.7 Å². The number of hydrogen-bond acceptors (Lipinski definition) is 7. The Morgan fingerprint density at radius 2 is 1.24 bits per heavy atom. The van der Waals surface area contributed by atoms with E-state index in [1.165, 1.54) is 7.11 Å². The summed E-state index contributed by atoms with van der Waals surface area (Å²) in [6, 6.07) is 18.3. The van der Waals surface area contributed by atoms with Gasteiger partial charge in [0.05, 0.1) is 11.5 Å². The third-order valence-electron chi connectivity index (χ3n) is 3.74. The highest BCUT2D eigenvalue weighted by atomic mass is 35.7. The number of rotatable bonds is 10. The zero-order chi connectivity index (χ0) is 25.3. The molecule has 2 rings (SSSR count). The van der Waals surface area contributed by atoms with Crippen LogP contribution in [0.4, 0.5) is 11.4 Å². The van der Waals surface area contributed by atoms with Gasteiger partial charge in [0.25, 0.3) is 0 Å². The van der Waals surface area contributed by atoms with E-state index < -0.39 is 19.1 Å². The molecule has 188 valence electrons. The average Bonchev–Trinajstić information content (AvgIpc) is 2.68. The third-order valence-corrected chi connectivity index (χ3v) is 6.64. The lowest BCUT2D eigenvalue weighted by Crippen LogP contribution is -2.23. The summed E-state index contributed by atoms with van der Waals surface area (Å²) >= 11 is 0. The number of methoxy groups -OCH3 is 2. The summed E-state index contributed by atoms with van der Waals surface area (Å²) in [5.41, 5.74) is 6.77. The fourth-order valence-corrected chi connectivity index (χ4v) is 5.41. The molecule has 0 aromatic heterocycles. The largest absolute Gasteiger partial charge is 0.399 e. The van der Waals surface area contributed by atoms with Crippen LogP contribution in [-0.2, 0) is 28.5 Å². The van der Waals surface area contributed by atoms with Crippen molar-refractivity contribution >= 4 is 41.1 Å². The quantitative estimate of drug-likeness (QED) is 0.359. The van der Waals surface area contributed by atoms with Gasteiger partial charge in [0.15, 0.2) is 0 Å². The Morgan fingerprint density at radius 1 is 0.818 bits per heavy atom. The topological polar surface area (TPSA) is 125 Å². The normalized spacial score (nSPS) is 12.9. The first kappa shape index (κ1) is 31.1. The Bertz CT molecular complexity index is 959. The summed E-state index contributed by atoms with van der Waals surface area (Å²) in [5, 5.41) is 0. The number of nitrogen functional groups attached to an aromatic ring is 1. The summed E-state index contributed by atoms with van der Waals surface area (Å²) in [4.78, 5) is 0. The second-order valence-corrected chi connectivity index (χ2v) is 12.1. The predicted molar refractivity (Wildman–Crippen MR) is 136 cm³/mol. The molecule has 3 N–H and O–H groups in total. The second-order valence-electron chi connectivity index (χ2n) is 7.49. The average molecular weight is 523 g/mol. The first-order valence-electron chi connectivity index (χ1n) is 10.1. The van der Waals surface area contributed by atoms with Gasteiger partial charge in [-0.2, -0.15) is 0 Å². The smallest absolute Gasteiger partial charge is 0.233 e. The number of nitrogens with two attached hydrogens (primary N) is 1. The van der Waals surface area contributed by atoms with Crippen LogP contribution in [-0.4, -0.2) is 55.8 Å². The minimum atomic E-state index is -3.35. The van der Waals surface area contributed by atoms with Crippen LogP contribution < -0.4 is 10.5 Å². The van der Waals surface area contributed by atoms with Crippen molar-refractivity contribution in [3.8, 4) is 0 Å². The first-order chi connectivity index (χ1) is 15.4. The Kier molecular flexibility index (Phi) is 15.8. The number of benzene rings is 2. The molecule has 0 aliphatic rings. The molecular weight excluding hydrogens is 488 g/mol. The van der Waals surface area contributed by atoms with Gasteiger partial charge in [0, 0.05) is 49.5 Å². The summed E-state index contributed by atoms with van der Waals surface area (Å²) in [7, 11) is 1.43. The molecule has 0 radical (unpaired) electrons. The number of hydrogen-bond donors (Lipinski definition) is 2. The van der Waals surface area contributed by atoms with E-state index in [2.05, 4.69) is 4.72 Å². The van der Waals surface area contributed by atoms with E-state index >= 15 is 0 Å². The molecule has 0 bridgehead atoms. The van der Waals surface area contributed by atoms with E-state index in [1.54, 1.807) is 38.3 Å². The zero-order valence-corrected chi connectivity index (χ0v) is 21.9. The summed E-state index contributed by atoms with van der Waals surface area (Å²) in [6.07, 6.45) is 0. The van der Waals surface area contributed by atoms with E-state index in [0.717, 1.165) is 5.69 Å². The highest BCUT2D eigenvalue weighted by Gasteiger charge is 2.15. The molecule has 8 nitrogen and oxygen atoms in total. The van der Waals surface area contributed by atoms with Crippen LogP contribution in [0.15, 0.2) is 60.7 Å². The SMILES string of the molecule is COCC(C)CS(=O)(=O)Cl.COCC(C)CS(=O)(=O)Nc1ccccc1.Nc1ccccc1. The van der Waals surface area contributed by atoms with Crippen LogP contribution in [0.25, 0.3) is 0 Å². The molecule has 0 saturated carbocycles. The molecule has 33 heavy (non-hydrogen) atoms. The lowest BCUT2D eigenvalue weighted by atomic mass is 10.2. The highest BCUT2D eigenvalue weighted by molar-refractivity contribution is 8.13. The van der Waals surface area contributed by atoms with Gasteiger partial charge in [-0.05, 0) is 36.1 Å². The van der Waals surface area contributed by atoms with Crippen molar-refractivity contribution in [2.24, 2.45) is 11.8 Å². The van der Waals surface area contributed by atoms with Gasteiger partial charge in [-0.25, -0.2) is 16.8 Å². The number of halogens is 1. The minimum absolute atomic E-state index is 0.0220. The summed E-state index contributed by atoms with van der Waals surface area (Å²) < 4.78 is 56.4. The Labute approximate surface area is 202 Å². The van der Waals surface area contributed by atoms with Crippen molar-refractivity contribution in [3.05, 3.63) is 60.7 Å². The Hall–Kier alpha value is -1.85. The molecular formula is C22H35ClN2O6S2. The fourth-order valence-electron chi connectivity index (χ4n) is 2.56. The maximum Gasteiger partial charge on any atom is 0.233 e. The van der Waals surface area contributed by atoms with Crippen molar-refractivity contribution in [1.82, 2.24) is 0 Å². The molecule has 11 heteroatoms. The monoisotopic (exact) mass is 522 g/mol. The van der Waals surface area contributed by atoms with Crippen molar-refractivity contribution < 1.29 is 26.3 Å². The molecule has 0 amide bonds. The molecule has 0 aliphatic carbocycles. The van der Waals surface area contributed by atoms with Crippen LogP contribution in [0, 0.1) is 11.8 Å². The van der Waals surface area contributed by atoms with E-state index in [-0.39, 0.29) is 23.3 Å². The van der Waals surface area contributed by atoms with Gasteiger partial charge in [-0.1, -0.05) is 50.2 Å². The van der Waals surface area contributed by atoms with Crippen molar-refractivity contribution in [2.75, 3.05) is 49.4 Å². The van der Waals surface area contributed by atoms with Gasteiger partial charge >= 0.3 is 0 Å². The van der Waals surface area contributed by atoms with Gasteiger partial charge < -0.3 is 15.2 Å². The minimum Gasteiger partial charge on any atom is -0.399 e. The Morgan fingerprint density at radius 3 is 1.61 bits per heavy atom. The number of nitrogens with one attached hydrogen (secondary N) is 1. The van der Waals surface area contributed by atoms with Crippen LogP contribution in [0.3, 0.4) is 0 Å². The standard InChI is InChI=1S/C11H17NO3S.C6H7N.C5H11ClO3S/c1-10(8-15-2)9-16(13,14)12-11-6-4-3-5-7-11;7-6-4-2-1-3-5-6;1-5(3-9-2)4-10(6,7)8/h3-7,10,12H,8-9H2,1-2H3;1-5H,7H2;5H,3-4H2,1-2H3. The van der Waals surface area contributed by atoms with Gasteiger partial charge in [0.1, 0.15) is 0 Å². The molecule has 2 unspecified atom stereocenters. The summed E-state index contributed by atoms with van der Waals surface area (Å²) in [6.45, 7) is 4.47. The maximum absolute atomic E-state index is 11.7. The number of sulfonamides is 1. The molecule has 0 aliphatic heterocycles. The lowest BCUT2D eigenvalue weighted by molar-refractivity contribution is 0.167. The Balaban J connectivity index is 0.000000513. The fraction of sp³-hybridized carbons (Fsp3) is 0.455. The molecule has 2 aromatic rings. The lowest BCUT2D eigenvalue weighted by Gasteiger charge is -2.12. The maximum atomic E-state index is 11.7. The van der Waals surface area contributed by atoms with Crippen molar-refractivity contribution in [1.29, 1.82) is 0 Å². The van der Waals surface area contributed by atoms with Crippen LogP contribution in [0.5, 0.6) is 0 Å². The van der Waals surface area contributed by atoms with Crippen molar-refractivity contribution in [3.63, 3.8) is 0 Å². The van der Waals surface area contributed by atoms with Gasteiger partial charge in [-0.3, -0.25) is 4.72 Å². The van der Waals surface area contributed by atoms with Crippen LogP contribution in [0.1, 0.15) is 13.8 Å². The van der Waals surface area contributed by atoms with E-state index in [9.17, 15) is 16.8 Å². The second kappa shape index (κ2) is 16.7. The number of ether oxygens (including phenoxy) is 2. The number of para-hydroxylation sites is 2. The third kappa shape index (κ3) is 19.3. The number of anilines is 2. The molecule has 0 saturated heterocycles. The summed E-state index contributed by atoms with van der Waals surface area (Å²) in [5.74, 6) is -0.0169. The van der Waals surface area contributed by atoms with Gasteiger partial charge in [-0.15, -0.1) is 0 Å². The highest BCUT2D eigenvalue weighted by Crippen LogP contribution is 2.10.